The molecule has 1 saturated carbocycles. The summed E-state index contributed by atoms with van der Waals surface area (Å²) >= 11 is 0. The van der Waals surface area contributed by atoms with E-state index in [0.717, 1.165) is 43.6 Å². The molecule has 3 aromatic carbocycles. The molecule has 5 rings (SSSR count). The summed E-state index contributed by atoms with van der Waals surface area (Å²) < 4.78 is 38.3. The Kier molecular flexibility index (Phi) is 6.30. The van der Waals surface area contributed by atoms with Crippen molar-refractivity contribution in [3.63, 3.8) is 0 Å². The first-order valence-electron chi connectivity index (χ1n) is 11.8. The van der Waals surface area contributed by atoms with Crippen LogP contribution >= 0.6 is 0 Å². The number of benzene rings is 3. The molecule has 36 heavy (non-hydrogen) atoms. The van der Waals surface area contributed by atoms with Crippen LogP contribution in [0.25, 0.3) is 0 Å². The molecule has 1 heterocycles. The number of fused-ring (bicyclic) bond motifs is 1. The van der Waals surface area contributed by atoms with E-state index in [4.69, 9.17) is 0 Å². The Morgan fingerprint density at radius 2 is 1.53 bits per heavy atom. The molecule has 1 aliphatic heterocycles. The average molecular weight is 495 g/mol. The second-order valence-corrected chi connectivity index (χ2v) is 9.07. The van der Waals surface area contributed by atoms with Gasteiger partial charge in [0.1, 0.15) is 0 Å². The number of rotatable bonds is 5. The number of carbonyl (C=O) groups is 2. The fraction of sp³-hybridized carbons (Fsp3) is 0.259. The third kappa shape index (κ3) is 5.45. The molecule has 3 aromatic rings. The van der Waals surface area contributed by atoms with Crippen LogP contribution in [-0.2, 0) is 19.1 Å². The highest BCUT2D eigenvalue weighted by Crippen LogP contribution is 2.32. The van der Waals surface area contributed by atoms with Gasteiger partial charge in [-0.05, 0) is 72.9 Å². The second kappa shape index (κ2) is 9.56. The largest absolute Gasteiger partial charge is 0.416 e. The molecular formula is C27H25F3N4O2. The fourth-order valence-corrected chi connectivity index (χ4v) is 4.30. The number of amides is 3. The Balaban J connectivity index is 1.33. The van der Waals surface area contributed by atoms with Crippen LogP contribution in [0.15, 0.2) is 66.7 Å². The maximum absolute atomic E-state index is 13.1. The smallest absolute Gasteiger partial charge is 0.366 e. The summed E-state index contributed by atoms with van der Waals surface area (Å²) in [6.07, 6.45) is -1.68. The van der Waals surface area contributed by atoms with Crippen LogP contribution in [0.3, 0.4) is 0 Å². The van der Waals surface area contributed by atoms with Gasteiger partial charge in [0, 0.05) is 36.2 Å². The zero-order chi connectivity index (χ0) is 25.3. The second-order valence-electron chi connectivity index (χ2n) is 9.07. The van der Waals surface area contributed by atoms with Crippen LogP contribution in [-0.4, -0.2) is 24.5 Å². The maximum Gasteiger partial charge on any atom is 0.416 e. The summed E-state index contributed by atoms with van der Waals surface area (Å²) in [4.78, 5) is 27.8. The number of urea groups is 1. The Hall–Kier alpha value is -4.01. The van der Waals surface area contributed by atoms with Crippen LogP contribution in [0, 0.1) is 0 Å². The van der Waals surface area contributed by atoms with Crippen molar-refractivity contribution < 1.29 is 22.8 Å². The minimum Gasteiger partial charge on any atom is -0.366 e. The molecule has 1 fully saturated rings. The SMILES string of the molecule is O=C(Nc1ccc(C(F)(F)F)cc1)Nc1ccc(N2CCc3ccccc3C2)c(C(=O)NC2CC2)c1. The third-order valence-electron chi connectivity index (χ3n) is 6.35. The van der Waals surface area contributed by atoms with E-state index >= 15 is 0 Å². The van der Waals surface area contributed by atoms with Crippen molar-refractivity contribution in [1.82, 2.24) is 5.32 Å². The number of anilines is 3. The molecule has 1 aliphatic carbocycles. The molecule has 6 nitrogen and oxygen atoms in total. The van der Waals surface area contributed by atoms with E-state index in [9.17, 15) is 22.8 Å². The van der Waals surface area contributed by atoms with E-state index in [0.29, 0.717) is 17.8 Å². The summed E-state index contributed by atoms with van der Waals surface area (Å²) in [6, 6.07) is 17.2. The van der Waals surface area contributed by atoms with Crippen molar-refractivity contribution in [2.24, 2.45) is 0 Å². The van der Waals surface area contributed by atoms with Crippen LogP contribution in [0.2, 0.25) is 0 Å². The van der Waals surface area contributed by atoms with E-state index in [1.165, 1.54) is 23.3 Å². The number of hydrogen-bond donors (Lipinski definition) is 3. The lowest BCUT2D eigenvalue weighted by Gasteiger charge is -2.32. The first-order valence-corrected chi connectivity index (χ1v) is 11.8. The lowest BCUT2D eigenvalue weighted by molar-refractivity contribution is -0.137. The zero-order valence-electron chi connectivity index (χ0n) is 19.4. The van der Waals surface area contributed by atoms with Gasteiger partial charge in [-0.15, -0.1) is 0 Å². The molecule has 0 saturated heterocycles. The minimum atomic E-state index is -4.45. The summed E-state index contributed by atoms with van der Waals surface area (Å²) in [5.74, 6) is -0.196. The highest BCUT2D eigenvalue weighted by Gasteiger charge is 2.30. The van der Waals surface area contributed by atoms with Gasteiger partial charge in [-0.2, -0.15) is 13.2 Å². The topological polar surface area (TPSA) is 73.5 Å². The predicted molar refractivity (Wildman–Crippen MR) is 132 cm³/mol. The van der Waals surface area contributed by atoms with Gasteiger partial charge in [0.15, 0.2) is 0 Å². The number of nitrogens with one attached hydrogen (secondary N) is 3. The highest BCUT2D eigenvalue weighted by atomic mass is 19.4. The van der Waals surface area contributed by atoms with Crippen LogP contribution < -0.4 is 20.9 Å². The third-order valence-corrected chi connectivity index (χ3v) is 6.35. The number of nitrogens with zero attached hydrogens (tertiary/aromatic N) is 1. The molecular weight excluding hydrogens is 469 g/mol. The molecule has 2 aliphatic rings. The lowest BCUT2D eigenvalue weighted by atomic mass is 9.98. The van der Waals surface area contributed by atoms with Gasteiger partial charge >= 0.3 is 12.2 Å². The molecule has 3 amide bonds. The van der Waals surface area contributed by atoms with E-state index in [2.05, 4.69) is 33.0 Å². The van der Waals surface area contributed by atoms with Gasteiger partial charge in [0.05, 0.1) is 11.1 Å². The normalized spacial score (nSPS) is 15.1. The molecule has 0 aromatic heterocycles. The van der Waals surface area contributed by atoms with E-state index < -0.39 is 17.8 Å². The van der Waals surface area contributed by atoms with E-state index in [-0.39, 0.29) is 17.6 Å². The molecule has 0 bridgehead atoms. The summed E-state index contributed by atoms with van der Waals surface area (Å²) in [7, 11) is 0. The van der Waals surface area contributed by atoms with Gasteiger partial charge in [-0.25, -0.2) is 4.79 Å². The Bertz CT molecular complexity index is 1290. The number of alkyl halides is 3. The summed E-state index contributed by atoms with van der Waals surface area (Å²) in [6.45, 7) is 1.45. The van der Waals surface area contributed by atoms with Crippen LogP contribution in [0.1, 0.15) is 39.9 Å². The van der Waals surface area contributed by atoms with Crippen molar-refractivity contribution in [2.45, 2.75) is 38.0 Å². The molecule has 0 radical (unpaired) electrons. The van der Waals surface area contributed by atoms with Crippen LogP contribution in [0.4, 0.5) is 35.0 Å². The Labute approximate surface area is 206 Å². The minimum absolute atomic E-state index is 0.173. The molecule has 0 spiro atoms. The molecule has 9 heteroatoms. The van der Waals surface area contributed by atoms with Gasteiger partial charge < -0.3 is 20.9 Å². The fourth-order valence-electron chi connectivity index (χ4n) is 4.30. The molecule has 186 valence electrons. The maximum atomic E-state index is 13.1. The predicted octanol–water partition coefficient (Wildman–Crippen LogP) is 5.80. The van der Waals surface area contributed by atoms with Crippen molar-refractivity contribution in [3.05, 3.63) is 89.0 Å². The first kappa shape index (κ1) is 23.7. The monoisotopic (exact) mass is 494 g/mol. The Morgan fingerprint density at radius 3 is 2.22 bits per heavy atom. The average Bonchev–Trinajstić information content (AvgIpc) is 3.67. The first-order chi connectivity index (χ1) is 17.3. The number of carbonyl (C=O) groups excluding carboxylic acids is 2. The van der Waals surface area contributed by atoms with Crippen LogP contribution in [0.5, 0.6) is 0 Å². The van der Waals surface area contributed by atoms with Crippen molar-refractivity contribution in [1.29, 1.82) is 0 Å². The van der Waals surface area contributed by atoms with Crippen molar-refractivity contribution in [3.8, 4) is 0 Å². The van der Waals surface area contributed by atoms with Gasteiger partial charge in [0.25, 0.3) is 5.91 Å². The zero-order valence-corrected chi connectivity index (χ0v) is 19.4. The highest BCUT2D eigenvalue weighted by molar-refractivity contribution is 6.04. The number of hydrogen-bond acceptors (Lipinski definition) is 3. The summed E-state index contributed by atoms with van der Waals surface area (Å²) in [5, 5.41) is 8.22. The number of halogens is 3. The van der Waals surface area contributed by atoms with Gasteiger partial charge in [-0.3, -0.25) is 4.79 Å². The van der Waals surface area contributed by atoms with Crippen molar-refractivity contribution >= 4 is 29.0 Å². The molecule has 0 atom stereocenters. The van der Waals surface area contributed by atoms with Gasteiger partial charge in [0.2, 0.25) is 0 Å². The van der Waals surface area contributed by atoms with E-state index in [1.54, 1.807) is 12.1 Å². The van der Waals surface area contributed by atoms with Gasteiger partial charge in [-0.1, -0.05) is 24.3 Å². The Morgan fingerprint density at radius 1 is 0.861 bits per heavy atom. The summed E-state index contributed by atoms with van der Waals surface area (Å²) in [5.41, 5.74) is 3.60. The molecule has 3 N–H and O–H groups in total. The lowest BCUT2D eigenvalue weighted by Crippen LogP contribution is -2.33. The van der Waals surface area contributed by atoms with Crippen molar-refractivity contribution in [2.75, 3.05) is 22.1 Å². The quantitative estimate of drug-likeness (QED) is 0.420. The molecule has 0 unspecified atom stereocenters. The standard InChI is InChI=1S/C27H25F3N4O2/c28-27(29,30)19-5-7-21(8-6-19)32-26(36)33-22-11-12-24(23(15-22)25(35)31-20-9-10-20)34-14-13-17-3-1-2-4-18(17)16-34/h1-8,11-12,15,20H,9-10,13-14,16H2,(H,31,35)(H2,32,33,36). The van der Waals surface area contributed by atoms with E-state index in [1.807, 2.05) is 18.2 Å².